The number of hydrogen-bond donors (Lipinski definition) is 2. The number of halogens is 1. The number of carbonyl (C=O) groups excluding carboxylic acids is 3. The minimum atomic E-state index is -0.445. The lowest BCUT2D eigenvalue weighted by Crippen LogP contribution is -2.17. The van der Waals surface area contributed by atoms with Gasteiger partial charge in [0.25, 0.3) is 5.91 Å². The van der Waals surface area contributed by atoms with E-state index in [9.17, 15) is 14.4 Å². The number of Topliss-reactive ketones (excluding diaryl/α,β-unsaturated/α-hetero) is 1. The number of anilines is 2. The van der Waals surface area contributed by atoms with E-state index in [1.807, 2.05) is 19.1 Å². The molecule has 0 aliphatic carbocycles. The summed E-state index contributed by atoms with van der Waals surface area (Å²) in [4.78, 5) is 36.7. The van der Waals surface area contributed by atoms with Gasteiger partial charge in [0.1, 0.15) is 0 Å². The van der Waals surface area contributed by atoms with Crippen molar-refractivity contribution in [2.75, 3.05) is 10.6 Å². The molecule has 0 saturated carbocycles. The van der Waals surface area contributed by atoms with Crippen LogP contribution in [0.5, 0.6) is 0 Å². The molecule has 0 atom stereocenters. The Labute approximate surface area is 173 Å². The normalized spacial score (nSPS) is 10.3. The number of rotatable bonds is 6. The first-order chi connectivity index (χ1) is 13.9. The summed E-state index contributed by atoms with van der Waals surface area (Å²) in [5.74, 6) is -1.01. The first-order valence-corrected chi connectivity index (χ1v) is 9.36. The summed E-state index contributed by atoms with van der Waals surface area (Å²) in [5.41, 5.74) is 3.02. The zero-order valence-corrected chi connectivity index (χ0v) is 16.5. The van der Waals surface area contributed by atoms with Crippen molar-refractivity contribution in [2.24, 2.45) is 0 Å². The molecule has 0 unspecified atom stereocenters. The quantitative estimate of drug-likeness (QED) is 0.441. The molecular formula is C23H19ClN2O3. The molecule has 2 amide bonds. The summed E-state index contributed by atoms with van der Waals surface area (Å²) in [6.07, 6.45) is -0.305. The number of aryl methyl sites for hydroxylation is 1. The fraction of sp³-hybridized carbons (Fsp3) is 0.0870. The molecule has 0 aromatic heterocycles. The van der Waals surface area contributed by atoms with Gasteiger partial charge in [0.15, 0.2) is 5.78 Å². The maximum Gasteiger partial charge on any atom is 0.255 e. The summed E-state index contributed by atoms with van der Waals surface area (Å²) >= 11 is 6.00. The van der Waals surface area contributed by atoms with Crippen molar-refractivity contribution in [2.45, 2.75) is 13.3 Å². The second kappa shape index (κ2) is 9.17. The Hall–Kier alpha value is -3.44. The molecule has 29 heavy (non-hydrogen) atoms. The number of hydrogen-bond acceptors (Lipinski definition) is 3. The first kappa shape index (κ1) is 20.3. The first-order valence-electron chi connectivity index (χ1n) is 8.98. The summed E-state index contributed by atoms with van der Waals surface area (Å²) in [5, 5.41) is 5.81. The van der Waals surface area contributed by atoms with E-state index in [1.54, 1.807) is 60.7 Å². The lowest BCUT2D eigenvalue weighted by atomic mass is 10.1. The van der Waals surface area contributed by atoms with Gasteiger partial charge in [-0.1, -0.05) is 41.4 Å². The van der Waals surface area contributed by atoms with E-state index in [-0.39, 0.29) is 18.1 Å². The van der Waals surface area contributed by atoms with Crippen LogP contribution in [0.4, 0.5) is 11.4 Å². The molecule has 5 nitrogen and oxygen atoms in total. The number of nitrogens with one attached hydrogen (secondary N) is 2. The van der Waals surface area contributed by atoms with E-state index in [2.05, 4.69) is 10.6 Å². The van der Waals surface area contributed by atoms with Crippen LogP contribution in [0.2, 0.25) is 5.02 Å². The SMILES string of the molecule is Cc1ccc(C(=O)Nc2ccc(C(=O)CC(=O)Nc3ccccc3Cl)cc2)cc1. The molecule has 0 radical (unpaired) electrons. The smallest absolute Gasteiger partial charge is 0.255 e. The Balaban J connectivity index is 1.58. The van der Waals surface area contributed by atoms with Gasteiger partial charge in [-0.25, -0.2) is 0 Å². The molecule has 0 bridgehead atoms. The lowest BCUT2D eigenvalue weighted by molar-refractivity contribution is -0.115. The largest absolute Gasteiger partial charge is 0.324 e. The molecule has 3 aromatic carbocycles. The molecule has 6 heteroatoms. The molecule has 2 N–H and O–H groups in total. The van der Waals surface area contributed by atoms with Crippen LogP contribution in [-0.4, -0.2) is 17.6 Å². The monoisotopic (exact) mass is 406 g/mol. The molecule has 0 saturated heterocycles. The zero-order valence-electron chi connectivity index (χ0n) is 15.7. The van der Waals surface area contributed by atoms with E-state index in [1.165, 1.54) is 0 Å². The Kier molecular flexibility index (Phi) is 6.42. The van der Waals surface area contributed by atoms with Gasteiger partial charge in [-0.3, -0.25) is 14.4 Å². The molecule has 0 fully saturated rings. The molecule has 3 aromatic rings. The fourth-order valence-electron chi connectivity index (χ4n) is 2.65. The van der Waals surface area contributed by atoms with Crippen LogP contribution in [0.25, 0.3) is 0 Å². The highest BCUT2D eigenvalue weighted by Gasteiger charge is 2.13. The van der Waals surface area contributed by atoms with Gasteiger partial charge in [-0.2, -0.15) is 0 Å². The van der Waals surface area contributed by atoms with E-state index in [0.29, 0.717) is 27.5 Å². The van der Waals surface area contributed by atoms with Crippen molar-refractivity contribution in [1.82, 2.24) is 0 Å². The maximum absolute atomic E-state index is 12.3. The maximum atomic E-state index is 12.3. The summed E-state index contributed by atoms with van der Waals surface area (Å²) in [7, 11) is 0. The van der Waals surface area contributed by atoms with Crippen LogP contribution in [0.3, 0.4) is 0 Å². The Morgan fingerprint density at radius 1 is 0.793 bits per heavy atom. The third kappa shape index (κ3) is 5.53. The van der Waals surface area contributed by atoms with Crippen LogP contribution in [0.15, 0.2) is 72.8 Å². The topological polar surface area (TPSA) is 75.3 Å². The van der Waals surface area contributed by atoms with Crippen LogP contribution >= 0.6 is 11.6 Å². The summed E-state index contributed by atoms with van der Waals surface area (Å²) < 4.78 is 0. The Morgan fingerprint density at radius 2 is 1.41 bits per heavy atom. The molecule has 0 aliphatic heterocycles. The summed E-state index contributed by atoms with van der Waals surface area (Å²) in [6, 6.07) is 20.5. The van der Waals surface area contributed by atoms with Gasteiger partial charge in [0.05, 0.1) is 17.1 Å². The third-order valence-electron chi connectivity index (χ3n) is 4.25. The van der Waals surface area contributed by atoms with Gasteiger partial charge < -0.3 is 10.6 Å². The second-order valence-electron chi connectivity index (χ2n) is 6.53. The van der Waals surface area contributed by atoms with Gasteiger partial charge in [-0.05, 0) is 55.5 Å². The van der Waals surface area contributed by atoms with Gasteiger partial charge in [0, 0.05) is 16.8 Å². The average Bonchev–Trinajstić information content (AvgIpc) is 2.70. The summed E-state index contributed by atoms with van der Waals surface area (Å²) in [6.45, 7) is 1.95. The number of para-hydroxylation sites is 1. The van der Waals surface area contributed by atoms with Gasteiger partial charge in [0.2, 0.25) is 5.91 Å². The Morgan fingerprint density at radius 3 is 2.07 bits per heavy atom. The zero-order chi connectivity index (χ0) is 20.8. The number of amides is 2. The molecule has 3 rings (SSSR count). The van der Waals surface area contributed by atoms with Gasteiger partial charge in [-0.15, -0.1) is 0 Å². The molecule has 0 heterocycles. The van der Waals surface area contributed by atoms with E-state index >= 15 is 0 Å². The molecule has 146 valence electrons. The van der Waals surface area contributed by atoms with E-state index in [4.69, 9.17) is 11.6 Å². The lowest BCUT2D eigenvalue weighted by Gasteiger charge is -2.08. The number of benzene rings is 3. The van der Waals surface area contributed by atoms with E-state index < -0.39 is 5.91 Å². The third-order valence-corrected chi connectivity index (χ3v) is 4.58. The highest BCUT2D eigenvalue weighted by molar-refractivity contribution is 6.33. The number of ketones is 1. The predicted molar refractivity (Wildman–Crippen MR) is 115 cm³/mol. The Bertz CT molecular complexity index is 1040. The highest BCUT2D eigenvalue weighted by atomic mass is 35.5. The molecule has 0 aliphatic rings. The fourth-order valence-corrected chi connectivity index (χ4v) is 2.84. The second-order valence-corrected chi connectivity index (χ2v) is 6.93. The molecular weight excluding hydrogens is 388 g/mol. The predicted octanol–water partition coefficient (Wildman–Crippen LogP) is 5.11. The van der Waals surface area contributed by atoms with Crippen LogP contribution < -0.4 is 10.6 Å². The van der Waals surface area contributed by atoms with Gasteiger partial charge >= 0.3 is 0 Å². The number of carbonyl (C=O) groups is 3. The standard InChI is InChI=1S/C23H19ClN2O3/c1-15-6-8-17(9-7-15)23(29)25-18-12-10-16(11-13-18)21(27)14-22(28)26-20-5-3-2-4-19(20)24/h2-13H,14H2,1H3,(H,25,29)(H,26,28). The van der Waals surface area contributed by atoms with Crippen molar-refractivity contribution >= 4 is 40.6 Å². The van der Waals surface area contributed by atoms with Crippen molar-refractivity contribution in [3.63, 3.8) is 0 Å². The minimum absolute atomic E-state index is 0.233. The highest BCUT2D eigenvalue weighted by Crippen LogP contribution is 2.21. The van der Waals surface area contributed by atoms with Crippen LogP contribution in [0.1, 0.15) is 32.7 Å². The minimum Gasteiger partial charge on any atom is -0.324 e. The van der Waals surface area contributed by atoms with Crippen LogP contribution in [0, 0.1) is 6.92 Å². The van der Waals surface area contributed by atoms with Crippen molar-refractivity contribution < 1.29 is 14.4 Å². The van der Waals surface area contributed by atoms with Crippen molar-refractivity contribution in [1.29, 1.82) is 0 Å². The van der Waals surface area contributed by atoms with Crippen LogP contribution in [-0.2, 0) is 4.79 Å². The van der Waals surface area contributed by atoms with Crippen molar-refractivity contribution in [3.8, 4) is 0 Å². The van der Waals surface area contributed by atoms with E-state index in [0.717, 1.165) is 5.56 Å². The van der Waals surface area contributed by atoms with Crippen molar-refractivity contribution in [3.05, 3.63) is 94.5 Å². The average molecular weight is 407 g/mol. The molecule has 0 spiro atoms.